The standard InChI is InChI=1S/C14H19NO3/c1-10-4-5-11(7-13(10)14(17)18)8-15-6-2-3-12(15)9-16/h4-5,7,12,16H,2-3,6,8-9H2,1H3,(H,17,18)/t12-/m1/s1. The monoisotopic (exact) mass is 249 g/mol. The van der Waals surface area contributed by atoms with Crippen LogP contribution in [-0.4, -0.2) is 40.3 Å². The number of nitrogens with zero attached hydrogens (tertiary/aromatic N) is 1. The van der Waals surface area contributed by atoms with Crippen LogP contribution < -0.4 is 0 Å². The van der Waals surface area contributed by atoms with Crippen LogP contribution in [0.2, 0.25) is 0 Å². The van der Waals surface area contributed by atoms with E-state index in [0.29, 0.717) is 12.1 Å². The van der Waals surface area contributed by atoms with Crippen molar-refractivity contribution in [2.75, 3.05) is 13.2 Å². The zero-order valence-electron chi connectivity index (χ0n) is 10.6. The SMILES string of the molecule is Cc1ccc(CN2CCC[C@@H]2CO)cc1C(=O)O. The molecule has 1 heterocycles. The van der Waals surface area contributed by atoms with Gasteiger partial charge in [-0.3, -0.25) is 4.90 Å². The fourth-order valence-corrected chi connectivity index (χ4v) is 2.54. The Hall–Kier alpha value is -1.39. The van der Waals surface area contributed by atoms with Gasteiger partial charge in [0.15, 0.2) is 0 Å². The largest absolute Gasteiger partial charge is 0.478 e. The smallest absolute Gasteiger partial charge is 0.335 e. The molecule has 0 aromatic heterocycles. The summed E-state index contributed by atoms with van der Waals surface area (Å²) < 4.78 is 0. The van der Waals surface area contributed by atoms with E-state index >= 15 is 0 Å². The van der Waals surface area contributed by atoms with Crippen LogP contribution in [0.25, 0.3) is 0 Å². The summed E-state index contributed by atoms with van der Waals surface area (Å²) in [5, 5.41) is 18.4. The number of hydrogen-bond acceptors (Lipinski definition) is 3. The molecule has 0 saturated carbocycles. The maximum Gasteiger partial charge on any atom is 0.335 e. The predicted molar refractivity (Wildman–Crippen MR) is 68.7 cm³/mol. The van der Waals surface area contributed by atoms with Crippen LogP contribution in [0.15, 0.2) is 18.2 Å². The lowest BCUT2D eigenvalue weighted by Crippen LogP contribution is -2.31. The van der Waals surface area contributed by atoms with E-state index in [1.165, 1.54) is 0 Å². The zero-order chi connectivity index (χ0) is 13.1. The van der Waals surface area contributed by atoms with E-state index in [9.17, 15) is 9.90 Å². The Bertz CT molecular complexity index is 445. The van der Waals surface area contributed by atoms with E-state index in [-0.39, 0.29) is 12.6 Å². The van der Waals surface area contributed by atoms with Crippen LogP contribution in [-0.2, 0) is 6.54 Å². The fraction of sp³-hybridized carbons (Fsp3) is 0.500. The van der Waals surface area contributed by atoms with Gasteiger partial charge >= 0.3 is 5.97 Å². The summed E-state index contributed by atoms with van der Waals surface area (Å²) in [6.07, 6.45) is 2.12. The molecular formula is C14H19NO3. The third-order valence-electron chi connectivity index (χ3n) is 3.63. The zero-order valence-corrected chi connectivity index (χ0v) is 10.6. The third kappa shape index (κ3) is 2.71. The van der Waals surface area contributed by atoms with Crippen molar-refractivity contribution in [3.05, 3.63) is 34.9 Å². The minimum absolute atomic E-state index is 0.178. The van der Waals surface area contributed by atoms with Crippen molar-refractivity contribution in [1.29, 1.82) is 0 Å². The molecule has 1 saturated heterocycles. The van der Waals surface area contributed by atoms with Crippen LogP contribution in [0.1, 0.15) is 34.3 Å². The molecule has 1 aliphatic rings. The van der Waals surface area contributed by atoms with E-state index in [4.69, 9.17) is 5.11 Å². The molecule has 1 aliphatic heterocycles. The second kappa shape index (κ2) is 5.50. The molecule has 1 aromatic carbocycles. The summed E-state index contributed by atoms with van der Waals surface area (Å²) in [6, 6.07) is 5.78. The number of hydrogen-bond donors (Lipinski definition) is 2. The number of likely N-dealkylation sites (tertiary alicyclic amines) is 1. The lowest BCUT2D eigenvalue weighted by Gasteiger charge is -2.22. The number of carboxylic acids is 1. The first kappa shape index (κ1) is 13.1. The normalized spacial score (nSPS) is 20.2. The Morgan fingerprint density at radius 1 is 1.50 bits per heavy atom. The Morgan fingerprint density at radius 2 is 2.28 bits per heavy atom. The second-order valence-electron chi connectivity index (χ2n) is 4.90. The van der Waals surface area contributed by atoms with Crippen LogP contribution in [0, 0.1) is 6.92 Å². The lowest BCUT2D eigenvalue weighted by atomic mass is 10.0. The van der Waals surface area contributed by atoms with E-state index in [1.807, 2.05) is 12.1 Å². The maximum absolute atomic E-state index is 11.1. The van der Waals surface area contributed by atoms with Crippen LogP contribution in [0.3, 0.4) is 0 Å². The summed E-state index contributed by atoms with van der Waals surface area (Å²) in [5.74, 6) is -0.880. The molecule has 4 heteroatoms. The molecule has 0 amide bonds. The number of rotatable bonds is 4. The summed E-state index contributed by atoms with van der Waals surface area (Å²) in [4.78, 5) is 13.3. The second-order valence-corrected chi connectivity index (χ2v) is 4.90. The molecule has 1 fully saturated rings. The summed E-state index contributed by atoms with van der Waals surface area (Å²) in [6.45, 7) is 3.67. The highest BCUT2D eigenvalue weighted by atomic mass is 16.4. The average molecular weight is 249 g/mol. The number of aliphatic hydroxyl groups is 1. The molecule has 0 spiro atoms. The lowest BCUT2D eigenvalue weighted by molar-refractivity contribution is 0.0695. The number of aryl methyl sites for hydroxylation is 1. The van der Waals surface area contributed by atoms with Gasteiger partial charge < -0.3 is 10.2 Å². The van der Waals surface area contributed by atoms with Gasteiger partial charge in [0.1, 0.15) is 0 Å². The predicted octanol–water partition coefficient (Wildman–Crippen LogP) is 1.65. The van der Waals surface area contributed by atoms with E-state index in [0.717, 1.165) is 30.5 Å². The first-order valence-electron chi connectivity index (χ1n) is 6.29. The molecule has 98 valence electrons. The van der Waals surface area contributed by atoms with Crippen LogP contribution in [0.4, 0.5) is 0 Å². The number of benzene rings is 1. The first-order chi connectivity index (χ1) is 8.61. The molecule has 0 bridgehead atoms. The Labute approximate surface area is 107 Å². The molecule has 18 heavy (non-hydrogen) atoms. The molecule has 1 aromatic rings. The van der Waals surface area contributed by atoms with Gasteiger partial charge in [-0.15, -0.1) is 0 Å². The van der Waals surface area contributed by atoms with Crippen molar-refractivity contribution >= 4 is 5.97 Å². The number of carbonyl (C=O) groups is 1. The summed E-state index contributed by atoms with van der Waals surface area (Å²) in [5.41, 5.74) is 2.15. The molecule has 0 radical (unpaired) electrons. The molecule has 1 atom stereocenters. The van der Waals surface area contributed by atoms with Gasteiger partial charge in [0.25, 0.3) is 0 Å². The minimum atomic E-state index is -0.880. The van der Waals surface area contributed by atoms with Crippen molar-refractivity contribution in [1.82, 2.24) is 4.90 Å². The van der Waals surface area contributed by atoms with Crippen molar-refractivity contribution in [3.63, 3.8) is 0 Å². The fourth-order valence-electron chi connectivity index (χ4n) is 2.54. The van der Waals surface area contributed by atoms with E-state index in [2.05, 4.69) is 4.90 Å². The topological polar surface area (TPSA) is 60.8 Å². The van der Waals surface area contributed by atoms with Gasteiger partial charge in [0.2, 0.25) is 0 Å². The highest BCUT2D eigenvalue weighted by Crippen LogP contribution is 2.21. The van der Waals surface area contributed by atoms with Gasteiger partial charge in [-0.05, 0) is 43.5 Å². The Kier molecular flexibility index (Phi) is 3.99. The number of aliphatic hydroxyl groups excluding tert-OH is 1. The van der Waals surface area contributed by atoms with Gasteiger partial charge in [-0.25, -0.2) is 4.79 Å². The van der Waals surface area contributed by atoms with E-state index in [1.54, 1.807) is 13.0 Å². The molecule has 0 aliphatic carbocycles. The van der Waals surface area contributed by atoms with Crippen molar-refractivity contribution in [2.24, 2.45) is 0 Å². The van der Waals surface area contributed by atoms with Crippen LogP contribution in [0.5, 0.6) is 0 Å². The number of aromatic carboxylic acids is 1. The van der Waals surface area contributed by atoms with Gasteiger partial charge in [0, 0.05) is 12.6 Å². The van der Waals surface area contributed by atoms with E-state index < -0.39 is 5.97 Å². The highest BCUT2D eigenvalue weighted by Gasteiger charge is 2.23. The number of carboxylic acid groups (broad SMARTS) is 1. The Balaban J connectivity index is 2.14. The minimum Gasteiger partial charge on any atom is -0.478 e. The van der Waals surface area contributed by atoms with Gasteiger partial charge in [0.05, 0.1) is 12.2 Å². The Morgan fingerprint density at radius 3 is 2.94 bits per heavy atom. The first-order valence-corrected chi connectivity index (χ1v) is 6.29. The van der Waals surface area contributed by atoms with Gasteiger partial charge in [-0.1, -0.05) is 12.1 Å². The summed E-state index contributed by atoms with van der Waals surface area (Å²) >= 11 is 0. The maximum atomic E-state index is 11.1. The van der Waals surface area contributed by atoms with Crippen LogP contribution >= 0.6 is 0 Å². The molecule has 0 unspecified atom stereocenters. The molecule has 2 rings (SSSR count). The highest BCUT2D eigenvalue weighted by molar-refractivity contribution is 5.89. The van der Waals surface area contributed by atoms with Crippen molar-refractivity contribution in [3.8, 4) is 0 Å². The average Bonchev–Trinajstić information content (AvgIpc) is 2.78. The molecular weight excluding hydrogens is 230 g/mol. The quantitative estimate of drug-likeness (QED) is 0.851. The third-order valence-corrected chi connectivity index (χ3v) is 3.63. The molecule has 4 nitrogen and oxygen atoms in total. The van der Waals surface area contributed by atoms with Gasteiger partial charge in [-0.2, -0.15) is 0 Å². The molecule has 2 N–H and O–H groups in total. The van der Waals surface area contributed by atoms with Crippen molar-refractivity contribution < 1.29 is 15.0 Å². The van der Waals surface area contributed by atoms with Crippen molar-refractivity contribution in [2.45, 2.75) is 32.4 Å². The summed E-state index contributed by atoms with van der Waals surface area (Å²) in [7, 11) is 0.